The van der Waals surface area contributed by atoms with Crippen molar-refractivity contribution in [3.8, 4) is 0 Å². The van der Waals surface area contributed by atoms with E-state index in [0.717, 1.165) is 18.9 Å². The van der Waals surface area contributed by atoms with E-state index in [4.69, 9.17) is 5.73 Å². The number of nitrogens with zero attached hydrogens (tertiary/aromatic N) is 1. The van der Waals surface area contributed by atoms with Gasteiger partial charge in [-0.1, -0.05) is 34.3 Å². The van der Waals surface area contributed by atoms with Gasteiger partial charge in [0.05, 0.1) is 5.82 Å². The standard InChI is InChI=1S/C8H18N2.C7H11N/c1-7(2)5-4-6-10-8(3)9;1-6(2)7-3-4-8-5-7/h7,10H,3-6,9H2,1-2H3;4-6H,3H2,1-2H3. The lowest BCUT2D eigenvalue weighted by molar-refractivity contribution is 0.543. The van der Waals surface area contributed by atoms with E-state index in [1.165, 1.54) is 18.4 Å². The second kappa shape index (κ2) is 9.75. The third-order valence-corrected chi connectivity index (χ3v) is 2.72. The summed E-state index contributed by atoms with van der Waals surface area (Å²) in [7, 11) is 0. The van der Waals surface area contributed by atoms with Gasteiger partial charge in [-0.25, -0.2) is 0 Å². The Morgan fingerprint density at radius 1 is 1.44 bits per heavy atom. The lowest BCUT2D eigenvalue weighted by atomic mass is 10.0. The Labute approximate surface area is 112 Å². The molecule has 0 saturated heterocycles. The summed E-state index contributed by atoms with van der Waals surface area (Å²) in [5.41, 5.74) is 6.75. The Hall–Kier alpha value is -1.25. The molecule has 0 aromatic rings. The van der Waals surface area contributed by atoms with Crippen molar-refractivity contribution in [3.63, 3.8) is 0 Å². The molecule has 0 amide bonds. The molecular weight excluding hydrogens is 222 g/mol. The monoisotopic (exact) mass is 251 g/mol. The number of hydrogen-bond acceptors (Lipinski definition) is 3. The van der Waals surface area contributed by atoms with Crippen molar-refractivity contribution in [3.05, 3.63) is 24.2 Å². The summed E-state index contributed by atoms with van der Waals surface area (Å²) in [4.78, 5) is 4.00. The van der Waals surface area contributed by atoms with Crippen LogP contribution >= 0.6 is 0 Å². The van der Waals surface area contributed by atoms with Crippen LogP contribution in [0, 0.1) is 11.8 Å². The molecule has 104 valence electrons. The molecule has 0 saturated carbocycles. The van der Waals surface area contributed by atoms with Crippen molar-refractivity contribution >= 4 is 6.21 Å². The maximum atomic E-state index is 5.30. The Morgan fingerprint density at radius 2 is 2.11 bits per heavy atom. The molecule has 0 atom stereocenters. The fourth-order valence-corrected chi connectivity index (χ4v) is 1.50. The Balaban J connectivity index is 0.000000327. The third kappa shape index (κ3) is 9.94. The van der Waals surface area contributed by atoms with E-state index in [1.807, 2.05) is 12.4 Å². The predicted molar refractivity (Wildman–Crippen MR) is 81.4 cm³/mol. The van der Waals surface area contributed by atoms with E-state index in [1.54, 1.807) is 0 Å². The maximum absolute atomic E-state index is 5.30. The number of allylic oxidation sites excluding steroid dienone is 1. The number of nitrogens with two attached hydrogens (primary N) is 1. The first-order valence-electron chi connectivity index (χ1n) is 6.82. The van der Waals surface area contributed by atoms with Gasteiger partial charge in [-0.3, -0.25) is 4.99 Å². The summed E-state index contributed by atoms with van der Waals surface area (Å²) in [5, 5.41) is 2.98. The number of nitrogens with one attached hydrogen (secondary N) is 1. The van der Waals surface area contributed by atoms with Gasteiger partial charge in [0, 0.05) is 25.4 Å². The van der Waals surface area contributed by atoms with Crippen LogP contribution in [0.25, 0.3) is 0 Å². The largest absolute Gasteiger partial charge is 0.386 e. The summed E-state index contributed by atoms with van der Waals surface area (Å²) in [6.07, 6.45) is 7.41. The molecule has 0 radical (unpaired) electrons. The fourth-order valence-electron chi connectivity index (χ4n) is 1.50. The highest BCUT2D eigenvalue weighted by molar-refractivity contribution is 5.65. The minimum Gasteiger partial charge on any atom is -0.386 e. The van der Waals surface area contributed by atoms with Crippen LogP contribution in [0.5, 0.6) is 0 Å². The normalized spacial score (nSPS) is 13.3. The molecule has 3 heteroatoms. The molecule has 0 spiro atoms. The zero-order chi connectivity index (χ0) is 14.0. The van der Waals surface area contributed by atoms with Crippen LogP contribution in [-0.4, -0.2) is 12.8 Å². The highest BCUT2D eigenvalue weighted by Gasteiger charge is 2.03. The smallest absolute Gasteiger partial charge is 0.0885 e. The Morgan fingerprint density at radius 3 is 2.44 bits per heavy atom. The van der Waals surface area contributed by atoms with Crippen molar-refractivity contribution in [2.24, 2.45) is 22.6 Å². The predicted octanol–water partition coefficient (Wildman–Crippen LogP) is 3.44. The molecule has 3 nitrogen and oxygen atoms in total. The van der Waals surface area contributed by atoms with Crippen LogP contribution in [-0.2, 0) is 0 Å². The summed E-state index contributed by atoms with van der Waals surface area (Å²) < 4.78 is 0. The Bertz CT molecular complexity index is 288. The topological polar surface area (TPSA) is 50.4 Å². The lowest BCUT2D eigenvalue weighted by Gasteiger charge is -2.05. The average Bonchev–Trinajstić information content (AvgIpc) is 2.78. The molecule has 1 aliphatic rings. The van der Waals surface area contributed by atoms with E-state index >= 15 is 0 Å². The highest BCUT2D eigenvalue weighted by Crippen LogP contribution is 2.15. The van der Waals surface area contributed by atoms with Crippen molar-refractivity contribution < 1.29 is 0 Å². The van der Waals surface area contributed by atoms with Crippen LogP contribution in [0.4, 0.5) is 0 Å². The molecular formula is C15H29N3. The molecule has 1 heterocycles. The first kappa shape index (κ1) is 16.8. The molecule has 0 unspecified atom stereocenters. The van der Waals surface area contributed by atoms with Gasteiger partial charge in [-0.15, -0.1) is 0 Å². The van der Waals surface area contributed by atoms with E-state index in [9.17, 15) is 0 Å². The zero-order valence-corrected chi connectivity index (χ0v) is 12.4. The van der Waals surface area contributed by atoms with Gasteiger partial charge in [-0.2, -0.15) is 0 Å². The fraction of sp³-hybridized carbons (Fsp3) is 0.667. The summed E-state index contributed by atoms with van der Waals surface area (Å²) in [6, 6.07) is 0. The van der Waals surface area contributed by atoms with Crippen LogP contribution in [0.2, 0.25) is 0 Å². The molecule has 0 bridgehead atoms. The van der Waals surface area contributed by atoms with E-state index < -0.39 is 0 Å². The van der Waals surface area contributed by atoms with Gasteiger partial charge in [0.15, 0.2) is 0 Å². The SMILES string of the molecule is C=C(N)NCCCC(C)C.CC(C)C1=CN=CC1. The second-order valence-electron chi connectivity index (χ2n) is 5.38. The first-order valence-corrected chi connectivity index (χ1v) is 6.82. The van der Waals surface area contributed by atoms with Crippen LogP contribution < -0.4 is 11.1 Å². The van der Waals surface area contributed by atoms with Gasteiger partial charge in [0.2, 0.25) is 0 Å². The van der Waals surface area contributed by atoms with Crippen LogP contribution in [0.15, 0.2) is 29.2 Å². The number of aliphatic imine (C=N–C) groups is 1. The van der Waals surface area contributed by atoms with Crippen molar-refractivity contribution in [1.82, 2.24) is 5.32 Å². The molecule has 1 aliphatic heterocycles. The van der Waals surface area contributed by atoms with Crippen molar-refractivity contribution in [2.45, 2.75) is 47.0 Å². The minimum atomic E-state index is 0.573. The van der Waals surface area contributed by atoms with E-state index in [2.05, 4.69) is 44.6 Å². The van der Waals surface area contributed by atoms with Crippen LogP contribution in [0.1, 0.15) is 47.0 Å². The third-order valence-electron chi connectivity index (χ3n) is 2.72. The molecule has 0 aromatic heterocycles. The van der Waals surface area contributed by atoms with Gasteiger partial charge in [0.25, 0.3) is 0 Å². The average molecular weight is 251 g/mol. The van der Waals surface area contributed by atoms with E-state index in [0.29, 0.717) is 11.7 Å². The minimum absolute atomic E-state index is 0.573. The van der Waals surface area contributed by atoms with Crippen LogP contribution in [0.3, 0.4) is 0 Å². The van der Waals surface area contributed by atoms with Gasteiger partial charge in [0.1, 0.15) is 0 Å². The van der Waals surface area contributed by atoms with Crippen molar-refractivity contribution in [2.75, 3.05) is 6.54 Å². The van der Waals surface area contributed by atoms with Gasteiger partial charge >= 0.3 is 0 Å². The zero-order valence-electron chi connectivity index (χ0n) is 12.4. The van der Waals surface area contributed by atoms with Crippen molar-refractivity contribution in [1.29, 1.82) is 0 Å². The Kier molecular flexibility index (Phi) is 9.07. The quantitative estimate of drug-likeness (QED) is 0.710. The molecule has 1 rings (SSSR count). The summed E-state index contributed by atoms with van der Waals surface area (Å²) >= 11 is 0. The van der Waals surface area contributed by atoms with E-state index in [-0.39, 0.29) is 0 Å². The highest BCUT2D eigenvalue weighted by atomic mass is 15.0. The molecule has 3 N–H and O–H groups in total. The molecule has 0 aliphatic carbocycles. The summed E-state index contributed by atoms with van der Waals surface area (Å²) in [5.74, 6) is 2.04. The van der Waals surface area contributed by atoms with Gasteiger partial charge < -0.3 is 11.1 Å². The maximum Gasteiger partial charge on any atom is 0.0885 e. The summed E-state index contributed by atoms with van der Waals surface area (Å²) in [6.45, 7) is 13.3. The number of hydrogen-bond donors (Lipinski definition) is 2. The number of rotatable bonds is 6. The lowest BCUT2D eigenvalue weighted by Crippen LogP contribution is -2.19. The van der Waals surface area contributed by atoms with Gasteiger partial charge in [-0.05, 0) is 30.3 Å². The first-order chi connectivity index (χ1) is 8.43. The molecule has 0 fully saturated rings. The molecule has 18 heavy (non-hydrogen) atoms. The molecule has 0 aromatic carbocycles. The second-order valence-corrected chi connectivity index (χ2v) is 5.38.